The van der Waals surface area contributed by atoms with Crippen molar-refractivity contribution in [1.82, 2.24) is 10.2 Å². The first-order valence-electron chi connectivity index (χ1n) is 13.0. The zero-order chi connectivity index (χ0) is 26.2. The summed E-state index contributed by atoms with van der Waals surface area (Å²) >= 11 is 0. The van der Waals surface area contributed by atoms with E-state index in [4.69, 9.17) is 14.2 Å². The number of carbonyl (C=O) groups is 1. The Bertz CT molecular complexity index is 1010. The highest BCUT2D eigenvalue weighted by molar-refractivity contribution is 5.67. The molecule has 0 aromatic heterocycles. The Kier molecular flexibility index (Phi) is 9.71. The van der Waals surface area contributed by atoms with Gasteiger partial charge in [0.1, 0.15) is 6.61 Å². The summed E-state index contributed by atoms with van der Waals surface area (Å²) in [5.74, 6) is 0.0845. The van der Waals surface area contributed by atoms with Gasteiger partial charge in [0.15, 0.2) is 6.29 Å². The molecule has 2 saturated heterocycles. The molecule has 0 spiro atoms. The van der Waals surface area contributed by atoms with E-state index in [1.165, 1.54) is 6.08 Å². The van der Waals surface area contributed by atoms with Crippen LogP contribution in [0.3, 0.4) is 0 Å². The number of rotatable bonds is 10. The fourth-order valence-corrected chi connectivity index (χ4v) is 5.05. The maximum Gasteiger partial charge on any atom is 0.407 e. The van der Waals surface area contributed by atoms with E-state index in [2.05, 4.69) is 23.7 Å². The summed E-state index contributed by atoms with van der Waals surface area (Å²) in [5.41, 5.74) is 3.73. The van der Waals surface area contributed by atoms with E-state index in [1.54, 1.807) is 0 Å². The van der Waals surface area contributed by atoms with E-state index >= 15 is 0 Å². The van der Waals surface area contributed by atoms with Crippen molar-refractivity contribution < 1.29 is 29.2 Å². The van der Waals surface area contributed by atoms with E-state index in [0.29, 0.717) is 6.54 Å². The van der Waals surface area contributed by atoms with Gasteiger partial charge in [0, 0.05) is 30.6 Å². The number of nitrogens with one attached hydrogen (secondary N) is 1. The molecule has 37 heavy (non-hydrogen) atoms. The van der Waals surface area contributed by atoms with Crippen LogP contribution in [-0.2, 0) is 27.4 Å². The fourth-order valence-electron chi connectivity index (χ4n) is 5.05. The van der Waals surface area contributed by atoms with Crippen molar-refractivity contribution in [2.45, 2.75) is 57.5 Å². The Morgan fingerprint density at radius 1 is 1.11 bits per heavy atom. The molecule has 2 heterocycles. The average Bonchev–Trinajstić information content (AvgIpc) is 3.39. The van der Waals surface area contributed by atoms with E-state index in [9.17, 15) is 15.0 Å². The van der Waals surface area contributed by atoms with Crippen LogP contribution in [0.5, 0.6) is 0 Å². The van der Waals surface area contributed by atoms with Crippen LogP contribution in [0.2, 0.25) is 0 Å². The van der Waals surface area contributed by atoms with Crippen molar-refractivity contribution >= 4 is 6.09 Å². The van der Waals surface area contributed by atoms with Gasteiger partial charge >= 0.3 is 6.09 Å². The highest BCUT2D eigenvalue weighted by atomic mass is 16.7. The molecule has 0 saturated carbocycles. The van der Waals surface area contributed by atoms with Gasteiger partial charge in [0.05, 0.1) is 25.4 Å². The van der Waals surface area contributed by atoms with Crippen molar-refractivity contribution in [3.05, 3.63) is 83.4 Å². The maximum absolute atomic E-state index is 11.7. The zero-order valence-electron chi connectivity index (χ0n) is 21.4. The number of aliphatic hydroxyl groups excluding tert-OH is 2. The normalized spacial score (nSPS) is 26.1. The van der Waals surface area contributed by atoms with Crippen LogP contribution in [0.25, 0.3) is 0 Å². The van der Waals surface area contributed by atoms with E-state index < -0.39 is 12.4 Å². The lowest BCUT2D eigenvalue weighted by atomic mass is 9.90. The van der Waals surface area contributed by atoms with Crippen LogP contribution in [0.15, 0.2) is 61.2 Å². The summed E-state index contributed by atoms with van der Waals surface area (Å²) in [5, 5.41) is 22.0. The highest BCUT2D eigenvalue weighted by Gasteiger charge is 2.40. The number of carbonyl (C=O) groups excluding carboxylic acids is 1. The molecule has 8 heteroatoms. The number of nitrogens with zero attached hydrogens (tertiary/aromatic N) is 1. The lowest BCUT2D eigenvalue weighted by Gasteiger charge is -2.43. The zero-order valence-corrected chi connectivity index (χ0v) is 21.4. The maximum atomic E-state index is 11.7. The molecule has 5 atom stereocenters. The third-order valence-corrected chi connectivity index (χ3v) is 7.27. The van der Waals surface area contributed by atoms with E-state index in [-0.39, 0.29) is 44.0 Å². The topological polar surface area (TPSA) is 100 Å². The molecule has 2 aliphatic rings. The van der Waals surface area contributed by atoms with Crippen LogP contribution in [0.1, 0.15) is 54.4 Å². The number of hydrogen-bond acceptors (Lipinski definition) is 7. The molecule has 8 nitrogen and oxygen atoms in total. The molecular formula is C29H38N2O6. The molecule has 4 rings (SSSR count). The van der Waals surface area contributed by atoms with Crippen molar-refractivity contribution in [2.75, 3.05) is 26.3 Å². The first-order chi connectivity index (χ1) is 18.0. The third kappa shape index (κ3) is 6.97. The Morgan fingerprint density at radius 2 is 1.81 bits per heavy atom. The molecule has 200 valence electrons. The second-order valence-corrected chi connectivity index (χ2v) is 9.78. The van der Waals surface area contributed by atoms with Crippen LogP contribution < -0.4 is 5.32 Å². The largest absolute Gasteiger partial charge is 0.445 e. The summed E-state index contributed by atoms with van der Waals surface area (Å²) in [7, 11) is 0. The van der Waals surface area contributed by atoms with Crippen LogP contribution in [-0.4, -0.2) is 59.7 Å². The summed E-state index contributed by atoms with van der Waals surface area (Å²) in [6.45, 7) is 8.03. The van der Waals surface area contributed by atoms with Crippen molar-refractivity contribution in [1.29, 1.82) is 0 Å². The minimum absolute atomic E-state index is 0.000407. The number of aliphatic hydroxyl groups is 2. The number of alkyl carbamates (subject to hydrolysis) is 1. The summed E-state index contributed by atoms with van der Waals surface area (Å²) in [6.07, 6.45) is 2.28. The molecule has 2 aliphatic heterocycles. The van der Waals surface area contributed by atoms with Gasteiger partial charge in [-0.15, -0.1) is 0 Å². The lowest BCUT2D eigenvalue weighted by molar-refractivity contribution is -0.276. The molecule has 2 aromatic carbocycles. The third-order valence-electron chi connectivity index (χ3n) is 7.27. The standard InChI is InChI=1S/C29H38N2O6/c1-3-15-35-29(34)30-16-21-6-12-24(13-7-21)28-36-26(17-31-14-4-5-25(31)19-33)20(2)27(37-28)23-10-8-22(18-32)9-11-23/h3,6-13,20,25-28,32-33H,1,4-5,14-19H2,2H3,(H,30,34). The lowest BCUT2D eigenvalue weighted by Crippen LogP contribution is -2.46. The average molecular weight is 511 g/mol. The Labute approximate surface area is 218 Å². The van der Waals surface area contributed by atoms with E-state index in [0.717, 1.165) is 48.2 Å². The molecule has 0 bridgehead atoms. The second-order valence-electron chi connectivity index (χ2n) is 9.78. The number of benzene rings is 2. The predicted molar refractivity (Wildman–Crippen MR) is 139 cm³/mol. The van der Waals surface area contributed by atoms with E-state index in [1.807, 2.05) is 48.5 Å². The minimum atomic E-state index is -0.557. The summed E-state index contributed by atoms with van der Waals surface area (Å²) in [6, 6.07) is 15.8. The smallest absolute Gasteiger partial charge is 0.407 e. The quantitative estimate of drug-likeness (QED) is 0.418. The number of likely N-dealkylation sites (tertiary alicyclic amines) is 1. The molecule has 2 fully saturated rings. The Morgan fingerprint density at radius 3 is 2.49 bits per heavy atom. The van der Waals surface area contributed by atoms with Gasteiger partial charge in [-0.1, -0.05) is 68.1 Å². The van der Waals surface area contributed by atoms with Gasteiger partial charge in [-0.05, 0) is 36.1 Å². The first-order valence-corrected chi connectivity index (χ1v) is 13.0. The van der Waals surface area contributed by atoms with Gasteiger partial charge in [0.25, 0.3) is 0 Å². The van der Waals surface area contributed by atoms with Gasteiger partial charge < -0.3 is 29.7 Å². The Balaban J connectivity index is 1.50. The highest BCUT2D eigenvalue weighted by Crippen LogP contribution is 2.42. The monoisotopic (exact) mass is 510 g/mol. The molecular weight excluding hydrogens is 472 g/mol. The minimum Gasteiger partial charge on any atom is -0.445 e. The van der Waals surface area contributed by atoms with Gasteiger partial charge in [0.2, 0.25) is 0 Å². The van der Waals surface area contributed by atoms with Crippen molar-refractivity contribution in [3.63, 3.8) is 0 Å². The van der Waals surface area contributed by atoms with Crippen LogP contribution >= 0.6 is 0 Å². The molecule has 0 aliphatic carbocycles. The van der Waals surface area contributed by atoms with Gasteiger partial charge in [-0.2, -0.15) is 0 Å². The number of ether oxygens (including phenoxy) is 3. The predicted octanol–water partition coefficient (Wildman–Crippen LogP) is 3.84. The number of hydrogen-bond donors (Lipinski definition) is 3. The summed E-state index contributed by atoms with van der Waals surface area (Å²) in [4.78, 5) is 14.0. The molecule has 3 N–H and O–H groups in total. The van der Waals surface area contributed by atoms with Crippen molar-refractivity contribution in [3.8, 4) is 0 Å². The number of amides is 1. The SMILES string of the molecule is C=CCOC(=O)NCc1ccc(C2OC(CN3CCCC3CO)C(C)C(c3ccc(CO)cc3)O2)cc1. The summed E-state index contributed by atoms with van der Waals surface area (Å²) < 4.78 is 18.0. The first kappa shape index (κ1) is 27.3. The molecule has 2 aromatic rings. The molecule has 0 radical (unpaired) electrons. The molecule has 5 unspecified atom stereocenters. The second kappa shape index (κ2) is 13.2. The van der Waals surface area contributed by atoms with Gasteiger partial charge in [-0.25, -0.2) is 4.79 Å². The fraction of sp³-hybridized carbons (Fsp3) is 0.483. The van der Waals surface area contributed by atoms with Crippen LogP contribution in [0, 0.1) is 5.92 Å². The molecule has 1 amide bonds. The van der Waals surface area contributed by atoms with Crippen molar-refractivity contribution in [2.24, 2.45) is 5.92 Å². The van der Waals surface area contributed by atoms with Gasteiger partial charge in [-0.3, -0.25) is 4.90 Å². The van der Waals surface area contributed by atoms with Crippen LogP contribution in [0.4, 0.5) is 4.79 Å². The Hall–Kier alpha value is -2.75.